The molecule has 2 rings (SSSR count). The summed E-state index contributed by atoms with van der Waals surface area (Å²) in [6, 6.07) is 7.50. The molecule has 4 heteroatoms. The minimum atomic E-state index is 0. The fourth-order valence-corrected chi connectivity index (χ4v) is 2.03. The average Bonchev–Trinajstić information content (AvgIpc) is 2.65. The molecular formula is C12H17ClN2O. The zero-order valence-corrected chi connectivity index (χ0v) is 10.2. The smallest absolute Gasteiger partial charge is 0.254 e. The first kappa shape index (κ1) is 12.8. The van der Waals surface area contributed by atoms with Crippen LogP contribution in [-0.2, 0) is 0 Å². The van der Waals surface area contributed by atoms with E-state index in [9.17, 15) is 4.79 Å². The Labute approximate surface area is 102 Å². The van der Waals surface area contributed by atoms with Crippen LogP contribution in [0.3, 0.4) is 0 Å². The maximum absolute atomic E-state index is 12.1. The van der Waals surface area contributed by atoms with Gasteiger partial charge in [-0.05, 0) is 44.0 Å². The van der Waals surface area contributed by atoms with E-state index in [1.165, 1.54) is 0 Å². The molecule has 0 radical (unpaired) electrons. The van der Waals surface area contributed by atoms with Crippen molar-refractivity contribution in [1.29, 1.82) is 0 Å². The largest absolute Gasteiger partial charge is 0.399 e. The predicted octanol–water partition coefficient (Wildman–Crippen LogP) is 2.32. The third-order valence-corrected chi connectivity index (χ3v) is 2.97. The van der Waals surface area contributed by atoms with Gasteiger partial charge < -0.3 is 10.6 Å². The lowest BCUT2D eigenvalue weighted by atomic mass is 10.1. The van der Waals surface area contributed by atoms with Crippen LogP contribution in [0, 0.1) is 0 Å². The lowest BCUT2D eigenvalue weighted by molar-refractivity contribution is 0.0747. The summed E-state index contributed by atoms with van der Waals surface area (Å²) in [5.74, 6) is 0.125. The first-order valence-corrected chi connectivity index (χ1v) is 5.35. The lowest BCUT2D eigenvalue weighted by Gasteiger charge is -2.21. The van der Waals surface area contributed by atoms with Crippen LogP contribution >= 0.6 is 12.4 Å². The molecule has 1 fully saturated rings. The molecular weight excluding hydrogens is 224 g/mol. The fraction of sp³-hybridized carbons (Fsp3) is 0.417. The van der Waals surface area contributed by atoms with Crippen molar-refractivity contribution in [2.45, 2.75) is 25.8 Å². The van der Waals surface area contributed by atoms with Gasteiger partial charge in [0.1, 0.15) is 0 Å². The van der Waals surface area contributed by atoms with E-state index in [1.54, 1.807) is 24.3 Å². The molecule has 16 heavy (non-hydrogen) atoms. The number of likely N-dealkylation sites (tertiary alicyclic amines) is 1. The summed E-state index contributed by atoms with van der Waals surface area (Å²) in [4.78, 5) is 14.0. The second-order valence-corrected chi connectivity index (χ2v) is 4.11. The van der Waals surface area contributed by atoms with Crippen LogP contribution in [0.15, 0.2) is 24.3 Å². The molecule has 1 aromatic carbocycles. The minimum Gasteiger partial charge on any atom is -0.399 e. The van der Waals surface area contributed by atoms with Gasteiger partial charge in [0.2, 0.25) is 0 Å². The Kier molecular flexibility index (Phi) is 4.19. The Bertz CT molecular complexity index is 364. The molecule has 1 atom stereocenters. The van der Waals surface area contributed by atoms with Crippen LogP contribution < -0.4 is 5.73 Å². The predicted molar refractivity (Wildman–Crippen MR) is 67.8 cm³/mol. The number of carbonyl (C=O) groups excluding carboxylic acids is 1. The summed E-state index contributed by atoms with van der Waals surface area (Å²) >= 11 is 0. The van der Waals surface area contributed by atoms with E-state index in [2.05, 4.69) is 6.92 Å². The standard InChI is InChI=1S/C12H16N2O.ClH/c1-9-3-2-8-14(9)12(15)10-4-6-11(13)7-5-10;/h4-7,9H,2-3,8,13H2,1H3;1H. The highest BCUT2D eigenvalue weighted by Crippen LogP contribution is 2.19. The Morgan fingerprint density at radius 2 is 2.00 bits per heavy atom. The van der Waals surface area contributed by atoms with Gasteiger partial charge in [0.25, 0.3) is 5.91 Å². The van der Waals surface area contributed by atoms with Gasteiger partial charge in [-0.15, -0.1) is 12.4 Å². The van der Waals surface area contributed by atoms with Crippen molar-refractivity contribution < 1.29 is 4.79 Å². The van der Waals surface area contributed by atoms with E-state index in [-0.39, 0.29) is 18.3 Å². The van der Waals surface area contributed by atoms with Gasteiger partial charge in [0.05, 0.1) is 0 Å². The van der Waals surface area contributed by atoms with Gasteiger partial charge in [0, 0.05) is 23.8 Å². The number of nitrogens with zero attached hydrogens (tertiary/aromatic N) is 1. The first-order valence-electron chi connectivity index (χ1n) is 5.35. The normalized spacial score (nSPS) is 19.3. The molecule has 0 spiro atoms. The molecule has 1 unspecified atom stereocenters. The molecule has 88 valence electrons. The number of hydrogen-bond donors (Lipinski definition) is 1. The highest BCUT2D eigenvalue weighted by molar-refractivity contribution is 5.94. The first-order chi connectivity index (χ1) is 7.18. The third-order valence-electron chi connectivity index (χ3n) is 2.97. The SMILES string of the molecule is CC1CCCN1C(=O)c1ccc(N)cc1.Cl. The number of carbonyl (C=O) groups is 1. The Morgan fingerprint density at radius 3 is 2.50 bits per heavy atom. The highest BCUT2D eigenvalue weighted by atomic mass is 35.5. The van der Waals surface area contributed by atoms with Crippen LogP contribution in [0.5, 0.6) is 0 Å². The van der Waals surface area contributed by atoms with Crippen LogP contribution in [0.2, 0.25) is 0 Å². The van der Waals surface area contributed by atoms with Crippen LogP contribution in [0.4, 0.5) is 5.69 Å². The summed E-state index contributed by atoms with van der Waals surface area (Å²) in [5, 5.41) is 0. The van der Waals surface area contributed by atoms with Crippen LogP contribution in [-0.4, -0.2) is 23.4 Å². The van der Waals surface area contributed by atoms with E-state index in [4.69, 9.17) is 5.73 Å². The molecule has 0 aromatic heterocycles. The maximum atomic E-state index is 12.1. The van der Waals surface area contributed by atoms with E-state index < -0.39 is 0 Å². The van der Waals surface area contributed by atoms with Crippen molar-refractivity contribution >= 4 is 24.0 Å². The molecule has 1 aliphatic rings. The zero-order chi connectivity index (χ0) is 10.8. The lowest BCUT2D eigenvalue weighted by Crippen LogP contribution is -2.33. The second kappa shape index (κ2) is 5.21. The second-order valence-electron chi connectivity index (χ2n) is 4.11. The molecule has 1 aromatic rings. The van der Waals surface area contributed by atoms with E-state index in [0.29, 0.717) is 11.7 Å². The van der Waals surface area contributed by atoms with Crippen LogP contribution in [0.1, 0.15) is 30.1 Å². The van der Waals surface area contributed by atoms with Gasteiger partial charge in [-0.3, -0.25) is 4.79 Å². The van der Waals surface area contributed by atoms with Crippen LogP contribution in [0.25, 0.3) is 0 Å². The molecule has 2 N–H and O–H groups in total. The number of anilines is 1. The minimum absolute atomic E-state index is 0. The number of amides is 1. The van der Waals surface area contributed by atoms with Crippen molar-refractivity contribution in [3.05, 3.63) is 29.8 Å². The van der Waals surface area contributed by atoms with Gasteiger partial charge in [-0.25, -0.2) is 0 Å². The molecule has 1 amide bonds. The van der Waals surface area contributed by atoms with Gasteiger partial charge >= 0.3 is 0 Å². The third kappa shape index (κ3) is 2.47. The topological polar surface area (TPSA) is 46.3 Å². The monoisotopic (exact) mass is 240 g/mol. The van der Waals surface area contributed by atoms with Gasteiger partial charge in [-0.1, -0.05) is 0 Å². The average molecular weight is 241 g/mol. The van der Waals surface area contributed by atoms with Gasteiger partial charge in [0.15, 0.2) is 0 Å². The van der Waals surface area contributed by atoms with E-state index in [0.717, 1.165) is 24.9 Å². The van der Waals surface area contributed by atoms with E-state index >= 15 is 0 Å². The van der Waals surface area contributed by atoms with Crippen molar-refractivity contribution in [2.24, 2.45) is 0 Å². The van der Waals surface area contributed by atoms with E-state index in [1.807, 2.05) is 4.90 Å². The zero-order valence-electron chi connectivity index (χ0n) is 9.35. The molecule has 0 bridgehead atoms. The Morgan fingerprint density at radius 1 is 1.38 bits per heavy atom. The number of halogens is 1. The maximum Gasteiger partial charge on any atom is 0.254 e. The Hall–Kier alpha value is -1.22. The summed E-state index contributed by atoms with van der Waals surface area (Å²) in [6.07, 6.45) is 2.22. The number of nitrogen functional groups attached to an aromatic ring is 1. The van der Waals surface area contributed by atoms with Crippen molar-refractivity contribution in [1.82, 2.24) is 4.90 Å². The Balaban J connectivity index is 0.00000128. The molecule has 3 nitrogen and oxygen atoms in total. The summed E-state index contributed by atoms with van der Waals surface area (Å²) in [5.41, 5.74) is 7.01. The number of hydrogen-bond acceptors (Lipinski definition) is 2. The molecule has 0 saturated carbocycles. The molecule has 0 aliphatic carbocycles. The summed E-state index contributed by atoms with van der Waals surface area (Å²) < 4.78 is 0. The van der Waals surface area contributed by atoms with Crippen molar-refractivity contribution in [2.75, 3.05) is 12.3 Å². The van der Waals surface area contributed by atoms with Crippen molar-refractivity contribution in [3.63, 3.8) is 0 Å². The molecule has 1 aliphatic heterocycles. The van der Waals surface area contributed by atoms with Crippen molar-refractivity contribution in [3.8, 4) is 0 Å². The number of nitrogens with two attached hydrogens (primary N) is 1. The fourth-order valence-electron chi connectivity index (χ4n) is 2.03. The summed E-state index contributed by atoms with van der Waals surface area (Å²) in [6.45, 7) is 2.98. The van der Waals surface area contributed by atoms with Gasteiger partial charge in [-0.2, -0.15) is 0 Å². The molecule has 1 saturated heterocycles. The number of benzene rings is 1. The highest BCUT2D eigenvalue weighted by Gasteiger charge is 2.25. The quantitative estimate of drug-likeness (QED) is 0.766. The molecule has 1 heterocycles. The summed E-state index contributed by atoms with van der Waals surface area (Å²) in [7, 11) is 0. The number of rotatable bonds is 1.